The predicted molar refractivity (Wildman–Crippen MR) is 101 cm³/mol. The predicted octanol–water partition coefficient (Wildman–Crippen LogP) is 2.99. The third-order valence-corrected chi connectivity index (χ3v) is 4.53. The summed E-state index contributed by atoms with van der Waals surface area (Å²) in [5, 5.41) is 10.3. The number of aromatic nitrogens is 1. The van der Waals surface area contributed by atoms with E-state index in [2.05, 4.69) is 4.98 Å². The first-order valence-electron chi connectivity index (χ1n) is 9.08. The van der Waals surface area contributed by atoms with Gasteiger partial charge in [0.2, 0.25) is 5.91 Å². The molecular weight excluding hydrogens is 332 g/mol. The molecule has 0 saturated heterocycles. The molecule has 0 saturated carbocycles. The van der Waals surface area contributed by atoms with Crippen molar-refractivity contribution >= 4 is 22.8 Å². The zero-order valence-electron chi connectivity index (χ0n) is 15.7. The fraction of sp³-hybridized carbons (Fsp3) is 0.500. The molecule has 0 spiro atoms. The molecule has 142 valence electrons. The van der Waals surface area contributed by atoms with Crippen LogP contribution in [0, 0.1) is 12.8 Å². The van der Waals surface area contributed by atoms with Crippen molar-refractivity contribution in [3.8, 4) is 0 Å². The number of carboxylic acids is 1. The highest BCUT2D eigenvalue weighted by atomic mass is 16.5. The molecule has 0 bridgehead atoms. The van der Waals surface area contributed by atoms with Crippen LogP contribution in [0.1, 0.15) is 31.4 Å². The van der Waals surface area contributed by atoms with E-state index in [1.54, 1.807) is 11.8 Å². The zero-order valence-corrected chi connectivity index (χ0v) is 15.7. The molecule has 6 nitrogen and oxygen atoms in total. The number of nitrogens with zero attached hydrogens (tertiary/aromatic N) is 1. The van der Waals surface area contributed by atoms with Crippen LogP contribution in [0.3, 0.4) is 0 Å². The van der Waals surface area contributed by atoms with Crippen molar-refractivity contribution in [1.29, 1.82) is 0 Å². The second kappa shape index (κ2) is 9.38. The Labute approximate surface area is 154 Å². The Morgan fingerprint density at radius 3 is 2.81 bits per heavy atom. The lowest BCUT2D eigenvalue weighted by Gasteiger charge is -2.24. The number of hydrogen-bond acceptors (Lipinski definition) is 3. The number of nitrogens with one attached hydrogen (secondary N) is 1. The molecule has 1 aromatic heterocycles. The van der Waals surface area contributed by atoms with Crippen LogP contribution in [0.4, 0.5) is 0 Å². The van der Waals surface area contributed by atoms with Crippen molar-refractivity contribution in [2.75, 3.05) is 26.3 Å². The van der Waals surface area contributed by atoms with E-state index in [0.717, 1.165) is 22.0 Å². The van der Waals surface area contributed by atoms with E-state index >= 15 is 0 Å². The minimum absolute atomic E-state index is 0.0567. The van der Waals surface area contributed by atoms with Crippen LogP contribution < -0.4 is 0 Å². The lowest BCUT2D eigenvalue weighted by atomic mass is 10.0. The SMILES string of the molecule is CCOCCCN(CC(C)C(=O)O)C(=O)Cc1c[nH]c2cccc(C)c12. The summed E-state index contributed by atoms with van der Waals surface area (Å²) >= 11 is 0. The highest BCUT2D eigenvalue weighted by molar-refractivity contribution is 5.91. The Hall–Kier alpha value is -2.34. The maximum absolute atomic E-state index is 12.9. The number of fused-ring (bicyclic) bond motifs is 1. The smallest absolute Gasteiger partial charge is 0.308 e. The van der Waals surface area contributed by atoms with Crippen LogP contribution in [-0.4, -0.2) is 53.2 Å². The zero-order chi connectivity index (χ0) is 19.1. The van der Waals surface area contributed by atoms with Gasteiger partial charge in [0.1, 0.15) is 0 Å². The molecule has 0 aliphatic carbocycles. The first-order valence-corrected chi connectivity index (χ1v) is 9.08. The van der Waals surface area contributed by atoms with E-state index in [4.69, 9.17) is 4.74 Å². The molecule has 6 heteroatoms. The molecule has 1 heterocycles. The topological polar surface area (TPSA) is 82.6 Å². The van der Waals surface area contributed by atoms with Gasteiger partial charge in [-0.05, 0) is 37.5 Å². The quantitative estimate of drug-likeness (QED) is 0.638. The number of rotatable bonds is 10. The van der Waals surface area contributed by atoms with Gasteiger partial charge in [-0.25, -0.2) is 0 Å². The molecule has 2 rings (SSSR count). The summed E-state index contributed by atoms with van der Waals surface area (Å²) in [7, 11) is 0. The Bertz CT molecular complexity index is 753. The molecule has 2 aromatic rings. The van der Waals surface area contributed by atoms with Crippen molar-refractivity contribution in [1.82, 2.24) is 9.88 Å². The van der Waals surface area contributed by atoms with E-state index in [1.165, 1.54) is 0 Å². The third kappa shape index (κ3) is 5.08. The van der Waals surface area contributed by atoms with Crippen molar-refractivity contribution in [2.45, 2.75) is 33.6 Å². The second-order valence-corrected chi connectivity index (χ2v) is 6.62. The maximum atomic E-state index is 12.9. The molecular formula is C20H28N2O4. The first-order chi connectivity index (χ1) is 12.4. The molecule has 0 aliphatic rings. The van der Waals surface area contributed by atoms with Crippen molar-refractivity contribution in [2.24, 2.45) is 5.92 Å². The Balaban J connectivity index is 2.11. The van der Waals surface area contributed by atoms with Crippen molar-refractivity contribution in [3.63, 3.8) is 0 Å². The number of ether oxygens (including phenoxy) is 1. The summed E-state index contributed by atoms with van der Waals surface area (Å²) in [5.74, 6) is -1.55. The Morgan fingerprint density at radius 1 is 1.35 bits per heavy atom. The van der Waals surface area contributed by atoms with Gasteiger partial charge in [-0.3, -0.25) is 9.59 Å². The molecule has 0 radical (unpaired) electrons. The van der Waals surface area contributed by atoms with E-state index in [9.17, 15) is 14.7 Å². The second-order valence-electron chi connectivity index (χ2n) is 6.62. The number of carbonyl (C=O) groups excluding carboxylic acids is 1. The minimum Gasteiger partial charge on any atom is -0.481 e. The Morgan fingerprint density at radius 2 is 2.12 bits per heavy atom. The van der Waals surface area contributed by atoms with Gasteiger partial charge in [-0.2, -0.15) is 0 Å². The van der Waals surface area contributed by atoms with E-state index in [1.807, 2.05) is 38.2 Å². The van der Waals surface area contributed by atoms with Crippen LogP contribution in [0.2, 0.25) is 0 Å². The molecule has 1 atom stereocenters. The number of aryl methyl sites for hydroxylation is 1. The number of hydrogen-bond donors (Lipinski definition) is 2. The van der Waals surface area contributed by atoms with E-state index in [0.29, 0.717) is 26.2 Å². The monoisotopic (exact) mass is 360 g/mol. The van der Waals surface area contributed by atoms with Crippen LogP contribution in [0.5, 0.6) is 0 Å². The number of amides is 1. The summed E-state index contributed by atoms with van der Waals surface area (Å²) in [6.07, 6.45) is 2.82. The normalized spacial score (nSPS) is 12.3. The number of H-pyrrole nitrogens is 1. The number of carboxylic acid groups (broad SMARTS) is 1. The largest absolute Gasteiger partial charge is 0.481 e. The van der Waals surface area contributed by atoms with E-state index < -0.39 is 11.9 Å². The molecule has 26 heavy (non-hydrogen) atoms. The van der Waals surface area contributed by atoms with Gasteiger partial charge in [0.25, 0.3) is 0 Å². The Kier molecular flexibility index (Phi) is 7.21. The van der Waals surface area contributed by atoms with Gasteiger partial charge in [0, 0.05) is 43.4 Å². The van der Waals surface area contributed by atoms with E-state index in [-0.39, 0.29) is 18.9 Å². The average Bonchev–Trinajstić information content (AvgIpc) is 3.01. The van der Waals surface area contributed by atoms with Gasteiger partial charge in [-0.15, -0.1) is 0 Å². The van der Waals surface area contributed by atoms with Crippen LogP contribution in [0.15, 0.2) is 24.4 Å². The van der Waals surface area contributed by atoms with Gasteiger partial charge >= 0.3 is 5.97 Å². The number of aromatic amines is 1. The number of benzene rings is 1. The summed E-state index contributed by atoms with van der Waals surface area (Å²) < 4.78 is 5.34. The van der Waals surface area contributed by atoms with Gasteiger partial charge < -0.3 is 19.7 Å². The van der Waals surface area contributed by atoms with Crippen LogP contribution in [0.25, 0.3) is 10.9 Å². The molecule has 0 fully saturated rings. The first kappa shape index (κ1) is 20.0. The molecule has 1 amide bonds. The fourth-order valence-electron chi connectivity index (χ4n) is 3.09. The minimum atomic E-state index is -0.893. The fourth-order valence-corrected chi connectivity index (χ4v) is 3.09. The standard InChI is InChI=1S/C20H28N2O4/c1-4-26-10-6-9-22(13-15(3)20(24)25)18(23)11-16-12-21-17-8-5-7-14(2)19(16)17/h5,7-8,12,15,21H,4,6,9-11,13H2,1-3H3,(H,24,25). The van der Waals surface area contributed by atoms with Crippen LogP contribution >= 0.6 is 0 Å². The van der Waals surface area contributed by atoms with Crippen molar-refractivity contribution in [3.05, 3.63) is 35.5 Å². The van der Waals surface area contributed by atoms with Crippen LogP contribution in [-0.2, 0) is 20.7 Å². The van der Waals surface area contributed by atoms with Gasteiger partial charge in [-0.1, -0.05) is 19.1 Å². The highest BCUT2D eigenvalue weighted by Gasteiger charge is 2.21. The summed E-state index contributed by atoms with van der Waals surface area (Å²) in [6, 6.07) is 5.99. The number of carbonyl (C=O) groups is 2. The van der Waals surface area contributed by atoms with Gasteiger partial charge in [0.05, 0.1) is 12.3 Å². The number of aliphatic carboxylic acids is 1. The lowest BCUT2D eigenvalue weighted by Crippen LogP contribution is -2.38. The summed E-state index contributed by atoms with van der Waals surface area (Å²) in [6.45, 7) is 7.48. The summed E-state index contributed by atoms with van der Waals surface area (Å²) in [4.78, 5) is 28.9. The maximum Gasteiger partial charge on any atom is 0.308 e. The molecule has 1 aromatic carbocycles. The average molecular weight is 360 g/mol. The molecule has 1 unspecified atom stereocenters. The third-order valence-electron chi connectivity index (χ3n) is 4.53. The molecule has 0 aliphatic heterocycles. The summed E-state index contributed by atoms with van der Waals surface area (Å²) in [5.41, 5.74) is 3.07. The molecule has 2 N–H and O–H groups in total. The lowest BCUT2D eigenvalue weighted by molar-refractivity contribution is -0.143. The van der Waals surface area contributed by atoms with Gasteiger partial charge in [0.15, 0.2) is 0 Å². The highest BCUT2D eigenvalue weighted by Crippen LogP contribution is 2.23. The van der Waals surface area contributed by atoms with Crippen molar-refractivity contribution < 1.29 is 19.4 Å².